The summed E-state index contributed by atoms with van der Waals surface area (Å²) >= 11 is 0. The molecule has 1 fully saturated rings. The zero-order valence-corrected chi connectivity index (χ0v) is 13.0. The number of anilines is 1. The number of nitrogens with two attached hydrogens (primary N) is 1. The highest BCUT2D eigenvalue weighted by Crippen LogP contribution is 2.27. The van der Waals surface area contributed by atoms with Gasteiger partial charge in [-0.3, -0.25) is 9.69 Å². The Balaban J connectivity index is 1.96. The number of hydrogen-bond acceptors (Lipinski definition) is 4. The van der Waals surface area contributed by atoms with Gasteiger partial charge >= 0.3 is 0 Å². The van der Waals surface area contributed by atoms with Gasteiger partial charge in [0.2, 0.25) is 6.41 Å². The molecule has 0 saturated carbocycles. The van der Waals surface area contributed by atoms with Crippen LogP contribution in [0.1, 0.15) is 23.7 Å². The largest absolute Gasteiger partial charge is 0.335 e. The first-order valence-electron chi connectivity index (χ1n) is 7.59. The molecule has 5 heteroatoms. The molecule has 23 heavy (non-hydrogen) atoms. The zero-order chi connectivity index (χ0) is 16.3. The second-order valence-electron chi connectivity index (χ2n) is 5.74. The van der Waals surface area contributed by atoms with Crippen LogP contribution in [0.25, 0.3) is 0 Å². The molecule has 1 heterocycles. The maximum absolute atomic E-state index is 13.0. The standard InChI is InChI=1S/C18H20N2O3/c1-18(19)12-13-22-17(23-18)20(15-10-6-3-7-11-15)16(21)14-8-4-2-5-9-14/h2-11,17H,12-13,19H2,1H3/t17-,18-/m0/s1. The van der Waals surface area contributed by atoms with Crippen LogP contribution in [0.2, 0.25) is 0 Å². The number of carbonyl (C=O) groups is 1. The second-order valence-corrected chi connectivity index (χ2v) is 5.74. The van der Waals surface area contributed by atoms with Gasteiger partial charge in [-0.2, -0.15) is 0 Å². The molecule has 0 aromatic heterocycles. The summed E-state index contributed by atoms with van der Waals surface area (Å²) in [5, 5.41) is 0. The van der Waals surface area contributed by atoms with E-state index >= 15 is 0 Å². The van der Waals surface area contributed by atoms with Crippen LogP contribution in [0, 0.1) is 0 Å². The lowest BCUT2D eigenvalue weighted by Crippen LogP contribution is -2.55. The number of rotatable bonds is 3. The number of carbonyl (C=O) groups excluding carboxylic acids is 1. The maximum atomic E-state index is 13.0. The number of benzene rings is 2. The van der Waals surface area contributed by atoms with Gasteiger partial charge < -0.3 is 15.2 Å². The molecule has 0 spiro atoms. The Bertz CT molecular complexity index is 658. The van der Waals surface area contributed by atoms with E-state index in [1.165, 1.54) is 4.90 Å². The minimum Gasteiger partial charge on any atom is -0.335 e. The highest BCUT2D eigenvalue weighted by atomic mass is 16.7. The van der Waals surface area contributed by atoms with Crippen LogP contribution in [0.5, 0.6) is 0 Å². The molecule has 1 aliphatic heterocycles. The van der Waals surface area contributed by atoms with E-state index in [0.717, 1.165) is 0 Å². The van der Waals surface area contributed by atoms with Crippen LogP contribution in [-0.2, 0) is 9.47 Å². The fraction of sp³-hybridized carbons (Fsp3) is 0.278. The maximum Gasteiger partial charge on any atom is 0.262 e. The van der Waals surface area contributed by atoms with E-state index in [0.29, 0.717) is 24.3 Å². The van der Waals surface area contributed by atoms with Crippen LogP contribution < -0.4 is 10.6 Å². The van der Waals surface area contributed by atoms with E-state index in [1.54, 1.807) is 19.1 Å². The average molecular weight is 312 g/mol. The summed E-state index contributed by atoms with van der Waals surface area (Å²) in [4.78, 5) is 14.5. The van der Waals surface area contributed by atoms with Gasteiger partial charge in [-0.25, -0.2) is 0 Å². The Kier molecular flexibility index (Phi) is 4.43. The molecule has 1 amide bonds. The summed E-state index contributed by atoms with van der Waals surface area (Å²) in [6, 6.07) is 18.4. The van der Waals surface area contributed by atoms with Crippen LogP contribution in [-0.4, -0.2) is 24.7 Å². The molecule has 0 aliphatic carbocycles. The molecule has 2 aromatic rings. The number of hydrogen-bond donors (Lipinski definition) is 1. The molecule has 2 N–H and O–H groups in total. The number of nitrogens with zero attached hydrogens (tertiary/aromatic N) is 1. The molecular weight excluding hydrogens is 292 g/mol. The topological polar surface area (TPSA) is 64.8 Å². The first-order chi connectivity index (χ1) is 11.1. The monoisotopic (exact) mass is 312 g/mol. The summed E-state index contributed by atoms with van der Waals surface area (Å²) in [6.07, 6.45) is -0.278. The van der Waals surface area contributed by atoms with Gasteiger partial charge in [-0.1, -0.05) is 36.4 Å². The first kappa shape index (κ1) is 15.7. The normalized spacial score (nSPS) is 24.2. The van der Waals surface area contributed by atoms with Crippen molar-refractivity contribution in [3.8, 4) is 0 Å². The molecule has 2 aromatic carbocycles. The summed E-state index contributed by atoms with van der Waals surface area (Å²) in [5.41, 5.74) is 6.52. The van der Waals surface area contributed by atoms with E-state index in [-0.39, 0.29) is 5.91 Å². The molecule has 0 radical (unpaired) electrons. The minimum absolute atomic E-state index is 0.195. The predicted octanol–water partition coefficient (Wildman–Crippen LogP) is 2.73. The smallest absolute Gasteiger partial charge is 0.262 e. The average Bonchev–Trinajstić information content (AvgIpc) is 2.56. The van der Waals surface area contributed by atoms with Crippen molar-refractivity contribution < 1.29 is 14.3 Å². The number of para-hydroxylation sites is 1. The predicted molar refractivity (Wildman–Crippen MR) is 87.7 cm³/mol. The van der Waals surface area contributed by atoms with Gasteiger partial charge in [0.15, 0.2) is 0 Å². The van der Waals surface area contributed by atoms with Crippen molar-refractivity contribution in [2.75, 3.05) is 11.5 Å². The number of amides is 1. The summed E-state index contributed by atoms with van der Waals surface area (Å²) < 4.78 is 11.5. The van der Waals surface area contributed by atoms with Crippen LogP contribution in [0.15, 0.2) is 60.7 Å². The molecule has 0 unspecified atom stereocenters. The van der Waals surface area contributed by atoms with Crippen molar-refractivity contribution >= 4 is 11.6 Å². The lowest BCUT2D eigenvalue weighted by atomic mass is 10.1. The van der Waals surface area contributed by atoms with Crippen molar-refractivity contribution in [1.82, 2.24) is 0 Å². The summed E-state index contributed by atoms with van der Waals surface area (Å²) in [7, 11) is 0. The highest BCUT2D eigenvalue weighted by Gasteiger charge is 2.36. The lowest BCUT2D eigenvalue weighted by molar-refractivity contribution is -0.244. The molecule has 5 nitrogen and oxygen atoms in total. The van der Waals surface area contributed by atoms with Gasteiger partial charge in [0.05, 0.1) is 6.61 Å². The third-order valence-electron chi connectivity index (χ3n) is 3.71. The van der Waals surface area contributed by atoms with E-state index in [9.17, 15) is 4.79 Å². The molecule has 1 saturated heterocycles. The van der Waals surface area contributed by atoms with Crippen LogP contribution >= 0.6 is 0 Å². The highest BCUT2D eigenvalue weighted by molar-refractivity contribution is 6.06. The third-order valence-corrected chi connectivity index (χ3v) is 3.71. The Morgan fingerprint density at radius 1 is 1.13 bits per heavy atom. The zero-order valence-electron chi connectivity index (χ0n) is 13.0. The Labute approximate surface area is 135 Å². The summed E-state index contributed by atoms with van der Waals surface area (Å²) in [5.74, 6) is -0.195. The molecule has 120 valence electrons. The van der Waals surface area contributed by atoms with E-state index < -0.39 is 12.1 Å². The lowest BCUT2D eigenvalue weighted by Gasteiger charge is -2.40. The molecular formula is C18H20N2O3. The van der Waals surface area contributed by atoms with Crippen LogP contribution in [0.4, 0.5) is 5.69 Å². The van der Waals surface area contributed by atoms with Gasteiger partial charge in [-0.15, -0.1) is 0 Å². The Morgan fingerprint density at radius 3 is 2.35 bits per heavy atom. The fourth-order valence-electron chi connectivity index (χ4n) is 2.46. The molecule has 2 atom stereocenters. The van der Waals surface area contributed by atoms with Crippen molar-refractivity contribution in [1.29, 1.82) is 0 Å². The van der Waals surface area contributed by atoms with Gasteiger partial charge in [0.1, 0.15) is 5.72 Å². The Hall–Kier alpha value is -2.21. The van der Waals surface area contributed by atoms with E-state index in [4.69, 9.17) is 15.2 Å². The molecule has 1 aliphatic rings. The van der Waals surface area contributed by atoms with Gasteiger partial charge in [0, 0.05) is 17.7 Å². The van der Waals surface area contributed by atoms with Crippen LogP contribution in [0.3, 0.4) is 0 Å². The third kappa shape index (κ3) is 3.59. The van der Waals surface area contributed by atoms with Crippen molar-refractivity contribution in [3.05, 3.63) is 66.2 Å². The minimum atomic E-state index is -0.853. The SMILES string of the molecule is C[C@@]1(N)CCO[C@H](N(C(=O)c2ccccc2)c2ccccc2)O1. The fourth-order valence-corrected chi connectivity index (χ4v) is 2.46. The van der Waals surface area contributed by atoms with E-state index in [2.05, 4.69) is 0 Å². The van der Waals surface area contributed by atoms with E-state index in [1.807, 2.05) is 48.5 Å². The quantitative estimate of drug-likeness (QED) is 0.946. The summed E-state index contributed by atoms with van der Waals surface area (Å²) in [6.45, 7) is 2.22. The van der Waals surface area contributed by atoms with Gasteiger partial charge in [-0.05, 0) is 31.2 Å². The van der Waals surface area contributed by atoms with Crippen molar-refractivity contribution in [2.24, 2.45) is 5.73 Å². The number of ether oxygens (including phenoxy) is 2. The second kappa shape index (κ2) is 6.50. The van der Waals surface area contributed by atoms with Crippen molar-refractivity contribution in [3.63, 3.8) is 0 Å². The van der Waals surface area contributed by atoms with Gasteiger partial charge in [0.25, 0.3) is 5.91 Å². The van der Waals surface area contributed by atoms with Crippen molar-refractivity contribution in [2.45, 2.75) is 25.5 Å². The molecule has 3 rings (SSSR count). The Morgan fingerprint density at radius 2 is 1.74 bits per heavy atom. The first-order valence-corrected chi connectivity index (χ1v) is 7.59. The molecule has 0 bridgehead atoms.